The quantitative estimate of drug-likeness (QED) is 0.847. The third-order valence-electron chi connectivity index (χ3n) is 5.23. The first-order chi connectivity index (χ1) is 9.76. The Kier molecular flexibility index (Phi) is 2.95. The van der Waals surface area contributed by atoms with Crippen molar-refractivity contribution < 1.29 is 4.74 Å². The van der Waals surface area contributed by atoms with E-state index in [0.717, 1.165) is 43.6 Å². The van der Waals surface area contributed by atoms with Crippen LogP contribution >= 0.6 is 0 Å². The number of aryl methyl sites for hydroxylation is 2. The summed E-state index contributed by atoms with van der Waals surface area (Å²) in [5.41, 5.74) is 1.31. The molecule has 108 valence electrons. The standard InChI is InChI=1S/C16H23N3O/c1-3-4-11-7-17-10(2)18-16(11)19-8-12-13(9-19)15-6-5-14(12)20-15/h7,12-15H,3-6,8-9H2,1-2H3/t12-,13+,14+,15-. The summed E-state index contributed by atoms with van der Waals surface area (Å²) < 4.78 is 6.07. The molecule has 0 radical (unpaired) electrons. The van der Waals surface area contributed by atoms with Crippen molar-refractivity contribution in [2.24, 2.45) is 11.8 Å². The molecule has 3 aliphatic heterocycles. The lowest BCUT2D eigenvalue weighted by molar-refractivity contribution is 0.0849. The molecule has 0 spiro atoms. The molecule has 1 aromatic heterocycles. The van der Waals surface area contributed by atoms with E-state index in [1.807, 2.05) is 13.1 Å². The van der Waals surface area contributed by atoms with Crippen molar-refractivity contribution in [3.05, 3.63) is 17.6 Å². The molecule has 0 amide bonds. The van der Waals surface area contributed by atoms with E-state index in [1.54, 1.807) is 0 Å². The Morgan fingerprint density at radius 2 is 1.95 bits per heavy atom. The van der Waals surface area contributed by atoms with Crippen LogP contribution in [0.15, 0.2) is 6.20 Å². The number of ether oxygens (including phenoxy) is 1. The van der Waals surface area contributed by atoms with Crippen LogP contribution in [0.4, 0.5) is 5.82 Å². The first kappa shape index (κ1) is 12.6. The van der Waals surface area contributed by atoms with E-state index in [0.29, 0.717) is 12.2 Å². The number of anilines is 1. The summed E-state index contributed by atoms with van der Waals surface area (Å²) in [4.78, 5) is 11.6. The molecule has 3 aliphatic rings. The molecule has 4 rings (SSSR count). The monoisotopic (exact) mass is 273 g/mol. The fraction of sp³-hybridized carbons (Fsp3) is 0.750. The third-order valence-corrected chi connectivity index (χ3v) is 5.23. The summed E-state index contributed by atoms with van der Waals surface area (Å²) in [5, 5.41) is 0. The summed E-state index contributed by atoms with van der Waals surface area (Å²) in [6.45, 7) is 6.46. The van der Waals surface area contributed by atoms with Gasteiger partial charge in [0.15, 0.2) is 0 Å². The van der Waals surface area contributed by atoms with E-state index < -0.39 is 0 Å². The lowest BCUT2D eigenvalue weighted by atomic mass is 9.82. The van der Waals surface area contributed by atoms with Crippen molar-refractivity contribution >= 4 is 5.82 Å². The molecule has 0 aromatic carbocycles. The number of aromatic nitrogens is 2. The van der Waals surface area contributed by atoms with Gasteiger partial charge in [0.2, 0.25) is 0 Å². The Morgan fingerprint density at radius 3 is 2.60 bits per heavy atom. The zero-order valence-corrected chi connectivity index (χ0v) is 12.4. The highest BCUT2D eigenvalue weighted by atomic mass is 16.5. The van der Waals surface area contributed by atoms with E-state index in [2.05, 4.69) is 16.8 Å². The van der Waals surface area contributed by atoms with Crippen LogP contribution in [0, 0.1) is 18.8 Å². The molecule has 0 saturated carbocycles. The lowest BCUT2D eigenvalue weighted by Gasteiger charge is -2.22. The van der Waals surface area contributed by atoms with Gasteiger partial charge in [-0.05, 0) is 26.2 Å². The maximum Gasteiger partial charge on any atom is 0.135 e. The first-order valence-electron chi connectivity index (χ1n) is 7.99. The molecule has 2 bridgehead atoms. The Labute approximate surface area is 120 Å². The molecule has 0 aliphatic carbocycles. The normalized spacial score (nSPS) is 34.8. The average Bonchev–Trinajstić information content (AvgIpc) is 3.12. The Balaban J connectivity index is 1.61. The maximum absolute atomic E-state index is 6.07. The highest BCUT2D eigenvalue weighted by Crippen LogP contribution is 2.48. The van der Waals surface area contributed by atoms with Gasteiger partial charge in [0.1, 0.15) is 11.6 Å². The number of fused-ring (bicyclic) bond motifs is 5. The second kappa shape index (κ2) is 4.69. The van der Waals surface area contributed by atoms with Gasteiger partial charge in [0.25, 0.3) is 0 Å². The van der Waals surface area contributed by atoms with Crippen molar-refractivity contribution in [2.45, 2.75) is 51.7 Å². The fourth-order valence-corrected chi connectivity index (χ4v) is 4.34. The maximum atomic E-state index is 6.07. The van der Waals surface area contributed by atoms with Crippen LogP contribution in [0.2, 0.25) is 0 Å². The highest BCUT2D eigenvalue weighted by Gasteiger charge is 2.53. The summed E-state index contributed by atoms with van der Waals surface area (Å²) >= 11 is 0. The van der Waals surface area contributed by atoms with Crippen molar-refractivity contribution in [2.75, 3.05) is 18.0 Å². The predicted molar refractivity (Wildman–Crippen MR) is 77.9 cm³/mol. The van der Waals surface area contributed by atoms with E-state index >= 15 is 0 Å². The molecule has 4 nitrogen and oxygen atoms in total. The van der Waals surface area contributed by atoms with Crippen LogP contribution in [-0.2, 0) is 11.2 Å². The van der Waals surface area contributed by atoms with Crippen LogP contribution in [-0.4, -0.2) is 35.3 Å². The minimum atomic E-state index is 0.521. The van der Waals surface area contributed by atoms with Gasteiger partial charge < -0.3 is 9.64 Å². The van der Waals surface area contributed by atoms with Crippen LogP contribution in [0.25, 0.3) is 0 Å². The minimum absolute atomic E-state index is 0.521. The SMILES string of the molecule is CCCc1cnc(C)nc1N1C[C@@H]2[C@H](C1)[C@H]1CC[C@@H]2O1. The smallest absolute Gasteiger partial charge is 0.135 e. The van der Waals surface area contributed by atoms with Crippen molar-refractivity contribution in [3.63, 3.8) is 0 Å². The van der Waals surface area contributed by atoms with Gasteiger partial charge in [-0.1, -0.05) is 13.3 Å². The summed E-state index contributed by atoms with van der Waals surface area (Å²) in [5.74, 6) is 3.54. The van der Waals surface area contributed by atoms with Gasteiger partial charge >= 0.3 is 0 Å². The van der Waals surface area contributed by atoms with Crippen molar-refractivity contribution in [1.82, 2.24) is 9.97 Å². The Morgan fingerprint density at radius 1 is 1.25 bits per heavy atom. The second-order valence-electron chi connectivity index (χ2n) is 6.54. The number of rotatable bonds is 3. The number of hydrogen-bond acceptors (Lipinski definition) is 4. The molecule has 0 unspecified atom stereocenters. The Bertz CT molecular complexity index is 500. The molecular weight excluding hydrogens is 250 g/mol. The zero-order chi connectivity index (χ0) is 13.7. The fourth-order valence-electron chi connectivity index (χ4n) is 4.34. The predicted octanol–water partition coefficient (Wildman–Crippen LogP) is 2.35. The van der Waals surface area contributed by atoms with Crippen LogP contribution in [0.3, 0.4) is 0 Å². The summed E-state index contributed by atoms with van der Waals surface area (Å²) in [6, 6.07) is 0. The van der Waals surface area contributed by atoms with Crippen molar-refractivity contribution in [3.8, 4) is 0 Å². The molecule has 0 N–H and O–H groups in total. The molecular formula is C16H23N3O. The molecule has 3 fully saturated rings. The van der Waals surface area contributed by atoms with Gasteiger partial charge in [-0.25, -0.2) is 9.97 Å². The van der Waals surface area contributed by atoms with E-state index in [-0.39, 0.29) is 0 Å². The largest absolute Gasteiger partial charge is 0.374 e. The van der Waals surface area contributed by atoms with Crippen LogP contribution in [0.1, 0.15) is 37.6 Å². The van der Waals surface area contributed by atoms with E-state index in [4.69, 9.17) is 9.72 Å². The van der Waals surface area contributed by atoms with E-state index in [9.17, 15) is 0 Å². The van der Waals surface area contributed by atoms with E-state index in [1.165, 1.54) is 24.2 Å². The highest BCUT2D eigenvalue weighted by molar-refractivity contribution is 5.48. The Hall–Kier alpha value is -1.16. The molecule has 3 saturated heterocycles. The molecule has 20 heavy (non-hydrogen) atoms. The van der Waals surface area contributed by atoms with Gasteiger partial charge in [-0.3, -0.25) is 0 Å². The van der Waals surface area contributed by atoms with Gasteiger partial charge in [0.05, 0.1) is 12.2 Å². The lowest BCUT2D eigenvalue weighted by Crippen LogP contribution is -2.26. The first-order valence-corrected chi connectivity index (χ1v) is 7.99. The zero-order valence-electron chi connectivity index (χ0n) is 12.4. The van der Waals surface area contributed by atoms with Gasteiger partial charge in [0, 0.05) is 36.7 Å². The van der Waals surface area contributed by atoms with Crippen LogP contribution in [0.5, 0.6) is 0 Å². The van der Waals surface area contributed by atoms with Gasteiger partial charge in [-0.2, -0.15) is 0 Å². The summed E-state index contributed by atoms with van der Waals surface area (Å²) in [7, 11) is 0. The van der Waals surface area contributed by atoms with Crippen molar-refractivity contribution in [1.29, 1.82) is 0 Å². The summed E-state index contributed by atoms with van der Waals surface area (Å²) in [6.07, 6.45) is 7.83. The topological polar surface area (TPSA) is 38.2 Å². The molecule has 1 aromatic rings. The van der Waals surface area contributed by atoms with Crippen LogP contribution < -0.4 is 4.90 Å². The number of nitrogens with zero attached hydrogens (tertiary/aromatic N) is 3. The molecule has 4 heterocycles. The second-order valence-corrected chi connectivity index (χ2v) is 6.54. The number of hydrogen-bond donors (Lipinski definition) is 0. The minimum Gasteiger partial charge on any atom is -0.374 e. The molecule has 4 atom stereocenters. The third kappa shape index (κ3) is 1.85. The molecule has 4 heteroatoms. The van der Waals surface area contributed by atoms with Gasteiger partial charge in [-0.15, -0.1) is 0 Å². The average molecular weight is 273 g/mol.